The summed E-state index contributed by atoms with van der Waals surface area (Å²) in [7, 11) is 0. The molecule has 5 heteroatoms. The van der Waals surface area contributed by atoms with Crippen molar-refractivity contribution in [3.63, 3.8) is 0 Å². The molecule has 15 heavy (non-hydrogen) atoms. The molecule has 0 radical (unpaired) electrons. The number of rotatable bonds is 3. The third-order valence-corrected chi connectivity index (χ3v) is 3.70. The van der Waals surface area contributed by atoms with Gasteiger partial charge in [0.1, 0.15) is 5.01 Å². The lowest BCUT2D eigenvalue weighted by molar-refractivity contribution is 0.747. The lowest BCUT2D eigenvalue weighted by Gasteiger charge is -2.02. The van der Waals surface area contributed by atoms with Gasteiger partial charge >= 0.3 is 0 Å². The highest BCUT2D eigenvalue weighted by Crippen LogP contribution is 2.38. The predicted octanol–water partition coefficient (Wildman–Crippen LogP) is 3.08. The monoisotopic (exact) mass is 239 g/mol. The van der Waals surface area contributed by atoms with Gasteiger partial charge in [-0.25, -0.2) is 9.97 Å². The minimum Gasteiger partial charge on any atom is -0.326 e. The first-order valence-electron chi connectivity index (χ1n) is 4.91. The average molecular weight is 240 g/mol. The number of aromatic nitrogens is 3. The minimum atomic E-state index is 0.480. The van der Waals surface area contributed by atoms with Gasteiger partial charge < -0.3 is 4.57 Å². The predicted molar refractivity (Wildman–Crippen MR) is 61.2 cm³/mol. The summed E-state index contributed by atoms with van der Waals surface area (Å²) in [5.74, 6) is 0.480. The topological polar surface area (TPSA) is 30.7 Å². The summed E-state index contributed by atoms with van der Waals surface area (Å²) in [6.07, 6.45) is 6.30. The van der Waals surface area contributed by atoms with Crippen molar-refractivity contribution in [1.82, 2.24) is 14.5 Å². The fourth-order valence-corrected chi connectivity index (χ4v) is 2.66. The Bertz CT molecular complexity index is 472. The lowest BCUT2D eigenvalue weighted by atomic mass is 10.4. The van der Waals surface area contributed by atoms with Gasteiger partial charge in [-0.3, -0.25) is 0 Å². The van der Waals surface area contributed by atoms with Gasteiger partial charge in [0.15, 0.2) is 0 Å². The molecule has 3 nitrogen and oxygen atoms in total. The van der Waals surface area contributed by atoms with Crippen LogP contribution in [-0.4, -0.2) is 14.5 Å². The number of hydrogen-bond donors (Lipinski definition) is 0. The maximum atomic E-state index is 5.74. The van der Waals surface area contributed by atoms with Gasteiger partial charge in [-0.1, -0.05) is 0 Å². The molecule has 1 aliphatic rings. The Morgan fingerprint density at radius 1 is 1.53 bits per heavy atom. The molecule has 1 fully saturated rings. The number of alkyl halides is 1. The molecule has 0 N–H and O–H groups in total. The third-order valence-electron chi connectivity index (χ3n) is 2.51. The van der Waals surface area contributed by atoms with Gasteiger partial charge in [0, 0.05) is 11.4 Å². The van der Waals surface area contributed by atoms with Crippen LogP contribution < -0.4 is 0 Å². The Hall–Kier alpha value is -0.870. The molecular weight excluding hydrogens is 230 g/mol. The van der Waals surface area contributed by atoms with Gasteiger partial charge in [0.25, 0.3) is 0 Å². The van der Waals surface area contributed by atoms with Crippen LogP contribution in [0.1, 0.15) is 24.6 Å². The molecule has 0 bridgehead atoms. The maximum absolute atomic E-state index is 5.74. The summed E-state index contributed by atoms with van der Waals surface area (Å²) in [6, 6.07) is 0.644. The highest BCUT2D eigenvalue weighted by atomic mass is 35.5. The molecule has 0 saturated heterocycles. The van der Waals surface area contributed by atoms with Gasteiger partial charge in [0.2, 0.25) is 0 Å². The molecule has 0 spiro atoms. The number of imidazole rings is 1. The molecule has 3 rings (SSSR count). The Balaban J connectivity index is 2.00. The normalized spacial score (nSPS) is 15.8. The molecule has 78 valence electrons. The van der Waals surface area contributed by atoms with Crippen LogP contribution in [0.2, 0.25) is 0 Å². The standard InChI is InChI=1S/C10H10ClN3S/c11-3-7-5-15-10(13-7)9-4-12-6-14(9)8-1-2-8/h4-6,8H,1-3H2. The fourth-order valence-electron chi connectivity index (χ4n) is 1.60. The van der Waals surface area contributed by atoms with Gasteiger partial charge in [0.05, 0.1) is 29.8 Å². The molecule has 2 aromatic rings. The first-order chi connectivity index (χ1) is 7.38. The Kier molecular flexibility index (Phi) is 2.25. The van der Waals surface area contributed by atoms with Crippen LogP contribution >= 0.6 is 22.9 Å². The molecule has 0 unspecified atom stereocenters. The zero-order valence-corrected chi connectivity index (χ0v) is 9.63. The number of halogens is 1. The Morgan fingerprint density at radius 2 is 2.40 bits per heavy atom. The van der Waals surface area contributed by atoms with Crippen molar-refractivity contribution >= 4 is 22.9 Å². The van der Waals surface area contributed by atoms with E-state index in [1.807, 2.05) is 17.9 Å². The smallest absolute Gasteiger partial charge is 0.141 e. The largest absolute Gasteiger partial charge is 0.326 e. The molecule has 1 saturated carbocycles. The second-order valence-corrected chi connectivity index (χ2v) is 4.82. The second-order valence-electron chi connectivity index (χ2n) is 3.69. The molecule has 1 aliphatic carbocycles. The highest BCUT2D eigenvalue weighted by molar-refractivity contribution is 7.13. The van der Waals surface area contributed by atoms with E-state index in [0.717, 1.165) is 16.4 Å². The van der Waals surface area contributed by atoms with E-state index in [1.165, 1.54) is 12.8 Å². The van der Waals surface area contributed by atoms with Gasteiger partial charge in [-0.2, -0.15) is 0 Å². The highest BCUT2D eigenvalue weighted by Gasteiger charge is 2.26. The average Bonchev–Trinajstić information content (AvgIpc) is 2.83. The summed E-state index contributed by atoms with van der Waals surface area (Å²) in [6.45, 7) is 0. The van der Waals surface area contributed by atoms with E-state index in [0.29, 0.717) is 11.9 Å². The molecule has 0 aromatic carbocycles. The van der Waals surface area contributed by atoms with E-state index < -0.39 is 0 Å². The van der Waals surface area contributed by atoms with Crippen molar-refractivity contribution in [1.29, 1.82) is 0 Å². The quantitative estimate of drug-likeness (QED) is 0.771. The molecule has 0 atom stereocenters. The van der Waals surface area contributed by atoms with Gasteiger partial charge in [-0.15, -0.1) is 22.9 Å². The van der Waals surface area contributed by atoms with Gasteiger partial charge in [-0.05, 0) is 12.8 Å². The number of thiazole rings is 1. The zero-order chi connectivity index (χ0) is 10.3. The van der Waals surface area contributed by atoms with E-state index in [-0.39, 0.29) is 0 Å². The first kappa shape index (κ1) is 9.36. The molecule has 0 aliphatic heterocycles. The lowest BCUT2D eigenvalue weighted by Crippen LogP contribution is -1.94. The van der Waals surface area contributed by atoms with Crippen molar-refractivity contribution in [2.75, 3.05) is 0 Å². The SMILES string of the molecule is ClCc1csc(-c2cncn2C2CC2)n1. The fraction of sp³-hybridized carbons (Fsp3) is 0.400. The van der Waals surface area contributed by atoms with Crippen LogP contribution in [0.25, 0.3) is 10.7 Å². The number of hydrogen-bond acceptors (Lipinski definition) is 3. The molecular formula is C10H10ClN3S. The van der Waals surface area contributed by atoms with Crippen LogP contribution in [-0.2, 0) is 5.88 Å². The van der Waals surface area contributed by atoms with Crippen LogP contribution in [0.15, 0.2) is 17.9 Å². The second kappa shape index (κ2) is 3.61. The Morgan fingerprint density at radius 3 is 3.07 bits per heavy atom. The molecule has 2 aromatic heterocycles. The first-order valence-corrected chi connectivity index (χ1v) is 6.32. The minimum absolute atomic E-state index is 0.480. The van der Waals surface area contributed by atoms with E-state index in [9.17, 15) is 0 Å². The summed E-state index contributed by atoms with van der Waals surface area (Å²) in [4.78, 5) is 8.66. The van der Waals surface area contributed by atoms with E-state index in [4.69, 9.17) is 11.6 Å². The number of nitrogens with zero attached hydrogens (tertiary/aromatic N) is 3. The van der Waals surface area contributed by atoms with Crippen LogP contribution in [0.4, 0.5) is 0 Å². The summed E-state index contributed by atoms with van der Waals surface area (Å²) >= 11 is 7.37. The van der Waals surface area contributed by atoms with Crippen LogP contribution in [0.3, 0.4) is 0 Å². The Labute approximate surface area is 96.7 Å². The van der Waals surface area contributed by atoms with E-state index in [2.05, 4.69) is 14.5 Å². The van der Waals surface area contributed by atoms with Crippen molar-refractivity contribution in [2.45, 2.75) is 24.8 Å². The van der Waals surface area contributed by atoms with Crippen molar-refractivity contribution in [3.8, 4) is 10.7 Å². The zero-order valence-electron chi connectivity index (χ0n) is 8.06. The van der Waals surface area contributed by atoms with Crippen molar-refractivity contribution in [3.05, 3.63) is 23.6 Å². The van der Waals surface area contributed by atoms with E-state index >= 15 is 0 Å². The maximum Gasteiger partial charge on any atom is 0.141 e. The summed E-state index contributed by atoms with van der Waals surface area (Å²) in [5.41, 5.74) is 2.07. The van der Waals surface area contributed by atoms with Crippen LogP contribution in [0.5, 0.6) is 0 Å². The third kappa shape index (κ3) is 1.68. The molecule has 0 amide bonds. The summed E-state index contributed by atoms with van der Waals surface area (Å²) < 4.78 is 2.22. The molecule has 2 heterocycles. The van der Waals surface area contributed by atoms with E-state index in [1.54, 1.807) is 11.3 Å². The summed E-state index contributed by atoms with van der Waals surface area (Å²) in [5, 5.41) is 3.03. The van der Waals surface area contributed by atoms with Crippen molar-refractivity contribution < 1.29 is 0 Å². The van der Waals surface area contributed by atoms with Crippen molar-refractivity contribution in [2.24, 2.45) is 0 Å². The van der Waals surface area contributed by atoms with Crippen LogP contribution in [0, 0.1) is 0 Å².